The standard InChI is InChI=1S/C11H14N2O2/c14-10(15)4-3-8-6-9-2-1-5-12-11(9)13-7-8/h3-4,6-7,11-13H,1-2,5H2,(H,14,15)/b4-3+. The van der Waals surface area contributed by atoms with Gasteiger partial charge in [0.05, 0.1) is 6.17 Å². The monoisotopic (exact) mass is 206 g/mol. The number of carboxylic acid groups (broad SMARTS) is 1. The van der Waals surface area contributed by atoms with Gasteiger partial charge in [-0.05, 0) is 36.6 Å². The van der Waals surface area contributed by atoms with Gasteiger partial charge in [-0.15, -0.1) is 0 Å². The maximum absolute atomic E-state index is 10.4. The number of dihydropyridines is 1. The molecule has 0 aromatic carbocycles. The fourth-order valence-corrected chi connectivity index (χ4v) is 1.83. The summed E-state index contributed by atoms with van der Waals surface area (Å²) < 4.78 is 0. The van der Waals surface area contributed by atoms with E-state index >= 15 is 0 Å². The van der Waals surface area contributed by atoms with Gasteiger partial charge in [-0.2, -0.15) is 0 Å². The molecule has 80 valence electrons. The summed E-state index contributed by atoms with van der Waals surface area (Å²) in [6.45, 7) is 1.03. The second-order valence-corrected chi connectivity index (χ2v) is 3.69. The van der Waals surface area contributed by atoms with Gasteiger partial charge in [-0.25, -0.2) is 4.79 Å². The fourth-order valence-electron chi connectivity index (χ4n) is 1.83. The normalized spacial score (nSPS) is 25.2. The van der Waals surface area contributed by atoms with E-state index in [4.69, 9.17) is 5.11 Å². The molecule has 0 saturated carbocycles. The number of fused-ring (bicyclic) bond motifs is 1. The second kappa shape index (κ2) is 4.31. The zero-order valence-corrected chi connectivity index (χ0v) is 8.36. The molecule has 0 aromatic rings. The molecule has 0 aromatic heterocycles. The summed E-state index contributed by atoms with van der Waals surface area (Å²) in [5, 5.41) is 15.1. The number of carboxylic acids is 1. The molecule has 15 heavy (non-hydrogen) atoms. The highest BCUT2D eigenvalue weighted by Gasteiger charge is 2.19. The van der Waals surface area contributed by atoms with Crippen molar-refractivity contribution in [1.29, 1.82) is 0 Å². The lowest BCUT2D eigenvalue weighted by molar-refractivity contribution is -0.131. The smallest absolute Gasteiger partial charge is 0.328 e. The molecule has 1 atom stereocenters. The van der Waals surface area contributed by atoms with Crippen LogP contribution in [0.4, 0.5) is 0 Å². The Morgan fingerprint density at radius 2 is 2.47 bits per heavy atom. The molecular formula is C11H14N2O2. The summed E-state index contributed by atoms with van der Waals surface area (Å²) >= 11 is 0. The largest absolute Gasteiger partial charge is 0.478 e. The molecule has 0 bridgehead atoms. The third-order valence-electron chi connectivity index (χ3n) is 2.55. The minimum Gasteiger partial charge on any atom is -0.478 e. The molecule has 2 rings (SSSR count). The van der Waals surface area contributed by atoms with E-state index in [1.54, 1.807) is 6.08 Å². The van der Waals surface area contributed by atoms with Gasteiger partial charge in [0.1, 0.15) is 0 Å². The third kappa shape index (κ3) is 2.47. The quantitative estimate of drug-likeness (QED) is 0.583. The van der Waals surface area contributed by atoms with Gasteiger partial charge in [0.25, 0.3) is 0 Å². The molecule has 1 saturated heterocycles. The Balaban J connectivity index is 2.07. The highest BCUT2D eigenvalue weighted by atomic mass is 16.4. The predicted octanol–water partition coefficient (Wildman–Crippen LogP) is 0.750. The summed E-state index contributed by atoms with van der Waals surface area (Å²) in [6.07, 6.45) is 9.09. The highest BCUT2D eigenvalue weighted by molar-refractivity contribution is 5.80. The lowest BCUT2D eigenvalue weighted by Gasteiger charge is -2.30. The van der Waals surface area contributed by atoms with E-state index < -0.39 is 5.97 Å². The van der Waals surface area contributed by atoms with Crippen molar-refractivity contribution in [1.82, 2.24) is 10.6 Å². The molecule has 3 N–H and O–H groups in total. The van der Waals surface area contributed by atoms with Crippen molar-refractivity contribution in [3.63, 3.8) is 0 Å². The Hall–Kier alpha value is -1.55. The molecule has 4 nitrogen and oxygen atoms in total. The Morgan fingerprint density at radius 1 is 1.60 bits per heavy atom. The molecule has 0 spiro atoms. The van der Waals surface area contributed by atoms with Crippen LogP contribution in [0.1, 0.15) is 12.8 Å². The Kier molecular flexibility index (Phi) is 2.87. The number of aliphatic carboxylic acids is 1. The van der Waals surface area contributed by atoms with Gasteiger partial charge in [-0.3, -0.25) is 5.32 Å². The Bertz CT molecular complexity index is 356. The van der Waals surface area contributed by atoms with Gasteiger partial charge in [0, 0.05) is 12.3 Å². The van der Waals surface area contributed by atoms with Crippen LogP contribution in [0.3, 0.4) is 0 Å². The zero-order valence-electron chi connectivity index (χ0n) is 8.36. The first kappa shape index (κ1) is 9.98. The van der Waals surface area contributed by atoms with E-state index in [-0.39, 0.29) is 6.17 Å². The van der Waals surface area contributed by atoms with Crippen LogP contribution in [-0.2, 0) is 4.79 Å². The average molecular weight is 206 g/mol. The van der Waals surface area contributed by atoms with E-state index in [2.05, 4.69) is 10.6 Å². The minimum absolute atomic E-state index is 0.237. The van der Waals surface area contributed by atoms with E-state index in [1.165, 1.54) is 5.57 Å². The number of allylic oxidation sites excluding steroid dienone is 3. The van der Waals surface area contributed by atoms with E-state index in [9.17, 15) is 4.79 Å². The molecule has 0 aliphatic carbocycles. The zero-order chi connectivity index (χ0) is 10.7. The summed E-state index contributed by atoms with van der Waals surface area (Å²) in [6, 6.07) is 0. The molecule has 4 heteroatoms. The summed E-state index contributed by atoms with van der Waals surface area (Å²) in [5.41, 5.74) is 2.21. The van der Waals surface area contributed by atoms with E-state index in [1.807, 2.05) is 12.3 Å². The maximum atomic E-state index is 10.4. The maximum Gasteiger partial charge on any atom is 0.328 e. The molecule has 1 fully saturated rings. The van der Waals surface area contributed by atoms with Crippen LogP contribution in [0, 0.1) is 0 Å². The van der Waals surface area contributed by atoms with Crippen LogP contribution in [0.5, 0.6) is 0 Å². The Morgan fingerprint density at radius 3 is 3.27 bits per heavy atom. The van der Waals surface area contributed by atoms with Crippen molar-refractivity contribution >= 4 is 5.97 Å². The lowest BCUT2D eigenvalue weighted by Crippen LogP contribution is -2.46. The first-order valence-electron chi connectivity index (χ1n) is 5.07. The number of nitrogens with one attached hydrogen (secondary N) is 2. The van der Waals surface area contributed by atoms with Crippen LogP contribution in [0.2, 0.25) is 0 Å². The van der Waals surface area contributed by atoms with Gasteiger partial charge >= 0.3 is 5.97 Å². The van der Waals surface area contributed by atoms with Crippen molar-refractivity contribution in [2.75, 3.05) is 6.54 Å². The first-order chi connectivity index (χ1) is 7.25. The SMILES string of the molecule is O=C(O)/C=C/C1=CNC2NCCCC2=C1. The van der Waals surface area contributed by atoms with Crippen LogP contribution in [0.15, 0.2) is 35.6 Å². The topological polar surface area (TPSA) is 61.4 Å². The van der Waals surface area contributed by atoms with E-state index in [0.29, 0.717) is 0 Å². The molecular weight excluding hydrogens is 192 g/mol. The molecule has 1 unspecified atom stereocenters. The van der Waals surface area contributed by atoms with Gasteiger partial charge in [0.2, 0.25) is 0 Å². The van der Waals surface area contributed by atoms with Crippen molar-refractivity contribution in [2.45, 2.75) is 19.0 Å². The van der Waals surface area contributed by atoms with Crippen molar-refractivity contribution in [3.8, 4) is 0 Å². The van der Waals surface area contributed by atoms with Crippen LogP contribution in [0.25, 0.3) is 0 Å². The van der Waals surface area contributed by atoms with Crippen molar-refractivity contribution < 1.29 is 9.90 Å². The van der Waals surface area contributed by atoms with Crippen molar-refractivity contribution in [3.05, 3.63) is 35.6 Å². The van der Waals surface area contributed by atoms with Crippen LogP contribution >= 0.6 is 0 Å². The molecule has 2 aliphatic heterocycles. The molecule has 0 amide bonds. The molecule has 2 heterocycles. The van der Waals surface area contributed by atoms with Gasteiger partial charge < -0.3 is 10.4 Å². The number of rotatable bonds is 2. The molecule has 0 radical (unpaired) electrons. The summed E-state index contributed by atoms with van der Waals surface area (Å²) in [4.78, 5) is 10.4. The minimum atomic E-state index is -0.918. The van der Waals surface area contributed by atoms with E-state index in [0.717, 1.165) is 31.0 Å². The molecule has 2 aliphatic rings. The summed E-state index contributed by atoms with van der Waals surface area (Å²) in [5.74, 6) is -0.918. The van der Waals surface area contributed by atoms with Crippen molar-refractivity contribution in [2.24, 2.45) is 0 Å². The first-order valence-corrected chi connectivity index (χ1v) is 5.07. The number of hydrogen-bond donors (Lipinski definition) is 3. The predicted molar refractivity (Wildman–Crippen MR) is 57.1 cm³/mol. The number of hydrogen-bond acceptors (Lipinski definition) is 3. The van der Waals surface area contributed by atoms with Crippen LogP contribution in [-0.4, -0.2) is 23.8 Å². The van der Waals surface area contributed by atoms with Crippen LogP contribution < -0.4 is 10.6 Å². The number of carbonyl (C=O) groups is 1. The Labute approximate surface area is 88.4 Å². The van der Waals surface area contributed by atoms with Gasteiger partial charge in [-0.1, -0.05) is 6.08 Å². The average Bonchev–Trinajstić information content (AvgIpc) is 2.26. The highest BCUT2D eigenvalue weighted by Crippen LogP contribution is 2.19. The summed E-state index contributed by atoms with van der Waals surface area (Å²) in [7, 11) is 0. The van der Waals surface area contributed by atoms with Gasteiger partial charge in [0.15, 0.2) is 0 Å². The lowest BCUT2D eigenvalue weighted by atomic mass is 9.98. The third-order valence-corrected chi connectivity index (χ3v) is 2.55. The fraction of sp³-hybridized carbons (Fsp3) is 0.364. The second-order valence-electron chi connectivity index (χ2n) is 3.69. The number of piperidine rings is 1.